The lowest BCUT2D eigenvalue weighted by Gasteiger charge is -2.01. The average Bonchev–Trinajstić information content (AvgIpc) is 2.02. The van der Waals surface area contributed by atoms with Crippen LogP contribution in [0.15, 0.2) is 0 Å². The van der Waals surface area contributed by atoms with Crippen molar-refractivity contribution in [2.45, 2.75) is 26.7 Å². The van der Waals surface area contributed by atoms with E-state index < -0.39 is 0 Å². The van der Waals surface area contributed by atoms with Gasteiger partial charge in [-0.3, -0.25) is 9.59 Å². The van der Waals surface area contributed by atoms with Gasteiger partial charge in [0.1, 0.15) is 0 Å². The first kappa shape index (κ1) is 10.9. The molecule has 2 amide bonds. The SMILES string of the molecule is CCNC(=O)CCC(=O)NCC. The lowest BCUT2D eigenvalue weighted by atomic mass is 10.3. The largest absolute Gasteiger partial charge is 0.356 e. The molecular weight excluding hydrogens is 156 g/mol. The van der Waals surface area contributed by atoms with Gasteiger partial charge in [0, 0.05) is 25.9 Å². The second-order valence-electron chi connectivity index (χ2n) is 2.41. The Morgan fingerprint density at radius 1 is 0.917 bits per heavy atom. The molecule has 0 spiro atoms. The van der Waals surface area contributed by atoms with Gasteiger partial charge in [-0.05, 0) is 13.8 Å². The first-order valence-electron chi connectivity index (χ1n) is 4.24. The standard InChI is InChI=1S/C8H16N2O2/c1-3-9-7(11)5-6-8(12)10-4-2/h3-6H2,1-2H3,(H,9,11)(H,10,12). The molecule has 0 saturated heterocycles. The fourth-order valence-electron chi connectivity index (χ4n) is 0.798. The lowest BCUT2D eigenvalue weighted by molar-refractivity contribution is -0.126. The van der Waals surface area contributed by atoms with Gasteiger partial charge in [-0.25, -0.2) is 0 Å². The number of carbonyl (C=O) groups is 2. The normalized spacial score (nSPS) is 9.17. The highest BCUT2D eigenvalue weighted by Gasteiger charge is 2.03. The smallest absolute Gasteiger partial charge is 0.220 e. The summed E-state index contributed by atoms with van der Waals surface area (Å²) < 4.78 is 0. The Hall–Kier alpha value is -1.06. The predicted molar refractivity (Wildman–Crippen MR) is 46.6 cm³/mol. The van der Waals surface area contributed by atoms with Gasteiger partial charge in [0.05, 0.1) is 0 Å². The third-order valence-electron chi connectivity index (χ3n) is 1.33. The van der Waals surface area contributed by atoms with Crippen LogP contribution in [0.3, 0.4) is 0 Å². The molecule has 2 N–H and O–H groups in total. The van der Waals surface area contributed by atoms with E-state index in [2.05, 4.69) is 10.6 Å². The van der Waals surface area contributed by atoms with Crippen LogP contribution < -0.4 is 10.6 Å². The van der Waals surface area contributed by atoms with Crippen LogP contribution >= 0.6 is 0 Å². The van der Waals surface area contributed by atoms with E-state index in [-0.39, 0.29) is 24.7 Å². The fraction of sp³-hybridized carbons (Fsp3) is 0.750. The Labute approximate surface area is 72.7 Å². The molecule has 0 aromatic carbocycles. The monoisotopic (exact) mass is 172 g/mol. The minimum Gasteiger partial charge on any atom is -0.356 e. The van der Waals surface area contributed by atoms with Crippen molar-refractivity contribution in [1.29, 1.82) is 0 Å². The van der Waals surface area contributed by atoms with Crippen molar-refractivity contribution in [3.63, 3.8) is 0 Å². The number of nitrogens with one attached hydrogen (secondary N) is 2. The summed E-state index contributed by atoms with van der Waals surface area (Å²) in [5.74, 6) is -0.132. The van der Waals surface area contributed by atoms with Crippen molar-refractivity contribution in [3.8, 4) is 0 Å². The second kappa shape index (κ2) is 6.64. The third kappa shape index (κ3) is 5.70. The highest BCUT2D eigenvalue weighted by Crippen LogP contribution is 1.88. The summed E-state index contributed by atoms with van der Waals surface area (Å²) in [5, 5.41) is 5.25. The van der Waals surface area contributed by atoms with Gasteiger partial charge in [-0.1, -0.05) is 0 Å². The van der Waals surface area contributed by atoms with Crippen LogP contribution in [0.4, 0.5) is 0 Å². The van der Waals surface area contributed by atoms with Crippen molar-refractivity contribution in [3.05, 3.63) is 0 Å². The Kier molecular flexibility index (Phi) is 6.05. The predicted octanol–water partition coefficient (Wildman–Crippen LogP) is 0.0388. The zero-order valence-corrected chi connectivity index (χ0v) is 7.64. The zero-order chi connectivity index (χ0) is 9.40. The summed E-state index contributed by atoms with van der Waals surface area (Å²) in [5.41, 5.74) is 0. The molecule has 0 aliphatic heterocycles. The van der Waals surface area contributed by atoms with E-state index in [9.17, 15) is 9.59 Å². The van der Waals surface area contributed by atoms with Gasteiger partial charge in [-0.15, -0.1) is 0 Å². The summed E-state index contributed by atoms with van der Waals surface area (Å²) in [4.78, 5) is 21.7. The molecule has 0 heterocycles. The van der Waals surface area contributed by atoms with Crippen LogP contribution in [0.2, 0.25) is 0 Å². The molecule has 0 radical (unpaired) electrons. The van der Waals surface area contributed by atoms with Gasteiger partial charge in [-0.2, -0.15) is 0 Å². The van der Waals surface area contributed by atoms with E-state index in [1.54, 1.807) is 0 Å². The maximum atomic E-state index is 10.9. The fourth-order valence-corrected chi connectivity index (χ4v) is 0.798. The van der Waals surface area contributed by atoms with E-state index in [0.717, 1.165) is 0 Å². The molecule has 0 aliphatic rings. The van der Waals surface area contributed by atoms with Gasteiger partial charge in [0.2, 0.25) is 11.8 Å². The summed E-state index contributed by atoms with van der Waals surface area (Å²) in [6, 6.07) is 0. The molecule has 0 saturated carbocycles. The molecule has 0 fully saturated rings. The zero-order valence-electron chi connectivity index (χ0n) is 7.64. The molecule has 0 atom stereocenters. The molecule has 0 aliphatic carbocycles. The summed E-state index contributed by atoms with van der Waals surface area (Å²) in [6.07, 6.45) is 0.555. The summed E-state index contributed by atoms with van der Waals surface area (Å²) in [6.45, 7) is 4.94. The highest BCUT2D eigenvalue weighted by atomic mass is 16.2. The van der Waals surface area contributed by atoms with Crippen LogP contribution in [0.1, 0.15) is 26.7 Å². The minimum absolute atomic E-state index is 0.0660. The molecule has 0 bridgehead atoms. The minimum atomic E-state index is -0.0660. The first-order chi connectivity index (χ1) is 5.70. The van der Waals surface area contributed by atoms with E-state index in [1.165, 1.54) is 0 Å². The first-order valence-corrected chi connectivity index (χ1v) is 4.24. The van der Waals surface area contributed by atoms with Gasteiger partial charge >= 0.3 is 0 Å². The van der Waals surface area contributed by atoms with Crippen LogP contribution in [-0.2, 0) is 9.59 Å². The van der Waals surface area contributed by atoms with Crippen molar-refractivity contribution in [2.24, 2.45) is 0 Å². The Morgan fingerprint density at radius 3 is 1.50 bits per heavy atom. The Balaban J connectivity index is 3.40. The number of hydrogen-bond acceptors (Lipinski definition) is 2. The van der Waals surface area contributed by atoms with Gasteiger partial charge in [0.15, 0.2) is 0 Å². The molecule has 4 heteroatoms. The summed E-state index contributed by atoms with van der Waals surface area (Å²) >= 11 is 0. The quantitative estimate of drug-likeness (QED) is 0.615. The molecular formula is C8H16N2O2. The number of amides is 2. The molecule has 4 nitrogen and oxygen atoms in total. The lowest BCUT2D eigenvalue weighted by Crippen LogP contribution is -2.27. The van der Waals surface area contributed by atoms with E-state index in [0.29, 0.717) is 13.1 Å². The van der Waals surface area contributed by atoms with Crippen LogP contribution in [-0.4, -0.2) is 24.9 Å². The maximum Gasteiger partial charge on any atom is 0.220 e. The molecule has 0 aromatic rings. The van der Waals surface area contributed by atoms with E-state index in [4.69, 9.17) is 0 Å². The summed E-state index contributed by atoms with van der Waals surface area (Å²) in [7, 11) is 0. The van der Waals surface area contributed by atoms with Crippen molar-refractivity contribution in [2.75, 3.05) is 13.1 Å². The van der Waals surface area contributed by atoms with Crippen molar-refractivity contribution < 1.29 is 9.59 Å². The average molecular weight is 172 g/mol. The van der Waals surface area contributed by atoms with Gasteiger partial charge < -0.3 is 10.6 Å². The maximum absolute atomic E-state index is 10.9. The van der Waals surface area contributed by atoms with Crippen molar-refractivity contribution in [1.82, 2.24) is 10.6 Å². The van der Waals surface area contributed by atoms with Crippen LogP contribution in [0.25, 0.3) is 0 Å². The molecule has 12 heavy (non-hydrogen) atoms. The Bertz CT molecular complexity index is 139. The van der Waals surface area contributed by atoms with Gasteiger partial charge in [0.25, 0.3) is 0 Å². The van der Waals surface area contributed by atoms with Crippen molar-refractivity contribution >= 4 is 11.8 Å². The molecule has 70 valence electrons. The van der Waals surface area contributed by atoms with E-state index >= 15 is 0 Å². The van der Waals surface area contributed by atoms with Crippen LogP contribution in [0.5, 0.6) is 0 Å². The number of rotatable bonds is 5. The Morgan fingerprint density at radius 2 is 1.25 bits per heavy atom. The number of hydrogen-bond donors (Lipinski definition) is 2. The second-order valence-corrected chi connectivity index (χ2v) is 2.41. The highest BCUT2D eigenvalue weighted by molar-refractivity contribution is 5.83. The van der Waals surface area contributed by atoms with E-state index in [1.807, 2.05) is 13.8 Å². The topological polar surface area (TPSA) is 58.2 Å². The molecule has 0 unspecified atom stereocenters. The third-order valence-corrected chi connectivity index (χ3v) is 1.33. The molecule has 0 aromatic heterocycles. The molecule has 0 rings (SSSR count). The number of carbonyl (C=O) groups excluding carboxylic acids is 2. The van der Waals surface area contributed by atoms with Crippen LogP contribution in [0, 0.1) is 0 Å².